The summed E-state index contributed by atoms with van der Waals surface area (Å²) in [6.45, 7) is 0. The monoisotopic (exact) mass is 255 g/mol. The number of aromatic nitrogens is 2. The fourth-order valence-electron chi connectivity index (χ4n) is 3.01. The van der Waals surface area contributed by atoms with Crippen LogP contribution in [0, 0.1) is 5.92 Å². The Hall–Kier alpha value is -0.540. The van der Waals surface area contributed by atoms with Gasteiger partial charge in [-0.2, -0.15) is 5.10 Å². The van der Waals surface area contributed by atoms with E-state index in [1.54, 1.807) is 6.20 Å². The van der Waals surface area contributed by atoms with Crippen molar-refractivity contribution in [2.45, 2.75) is 44.6 Å². The van der Waals surface area contributed by atoms with E-state index in [9.17, 15) is 0 Å². The van der Waals surface area contributed by atoms with Gasteiger partial charge in [0.25, 0.3) is 0 Å². The molecule has 1 heterocycles. The van der Waals surface area contributed by atoms with Gasteiger partial charge in [0.2, 0.25) is 0 Å². The van der Waals surface area contributed by atoms with Gasteiger partial charge in [0.15, 0.2) is 0 Å². The van der Waals surface area contributed by atoms with Gasteiger partial charge >= 0.3 is 0 Å². The Morgan fingerprint density at radius 3 is 2.47 bits per heavy atom. The molecule has 4 heteroatoms. The van der Waals surface area contributed by atoms with Crippen LogP contribution < -0.4 is 5.32 Å². The molecule has 96 valence electrons. The summed E-state index contributed by atoms with van der Waals surface area (Å²) < 4.78 is 1.91. The van der Waals surface area contributed by atoms with Gasteiger partial charge < -0.3 is 5.32 Å². The number of nitrogens with one attached hydrogen (secondary N) is 1. The molecule has 2 rings (SSSR count). The lowest BCUT2D eigenvalue weighted by Gasteiger charge is -2.26. The van der Waals surface area contributed by atoms with Gasteiger partial charge in [0.05, 0.1) is 23.0 Å². The summed E-state index contributed by atoms with van der Waals surface area (Å²) in [6.07, 6.45) is 9.80. The third kappa shape index (κ3) is 2.83. The summed E-state index contributed by atoms with van der Waals surface area (Å²) in [7, 11) is 4.00. The molecule has 3 nitrogen and oxygen atoms in total. The van der Waals surface area contributed by atoms with Crippen LogP contribution in [0.1, 0.15) is 50.3 Å². The summed E-state index contributed by atoms with van der Waals surface area (Å²) in [5.41, 5.74) is 1.14. The molecule has 1 aliphatic rings. The standard InChI is InChI=1S/C13H22ClN3/c1-15-12(10-7-5-3-4-6-8-10)13-11(14)9-16-17(13)2/h9-10,12,15H,3-8H2,1-2H3. The summed E-state index contributed by atoms with van der Waals surface area (Å²) in [6, 6.07) is 0.341. The normalized spacial score (nSPS) is 20.2. The Kier molecular flexibility index (Phi) is 4.46. The molecular weight excluding hydrogens is 234 g/mol. The van der Waals surface area contributed by atoms with Crippen molar-refractivity contribution < 1.29 is 0 Å². The number of halogens is 1. The van der Waals surface area contributed by atoms with Crippen molar-refractivity contribution >= 4 is 11.6 Å². The number of nitrogens with zero attached hydrogens (tertiary/aromatic N) is 2. The minimum absolute atomic E-state index is 0.341. The van der Waals surface area contributed by atoms with Gasteiger partial charge in [0.1, 0.15) is 0 Å². The zero-order chi connectivity index (χ0) is 12.3. The van der Waals surface area contributed by atoms with Crippen LogP contribution in [0.2, 0.25) is 5.02 Å². The molecular formula is C13H22ClN3. The molecule has 1 saturated carbocycles. The highest BCUT2D eigenvalue weighted by Gasteiger charge is 2.27. The van der Waals surface area contributed by atoms with E-state index in [-0.39, 0.29) is 0 Å². The quantitative estimate of drug-likeness (QED) is 0.840. The molecule has 1 aliphatic carbocycles. The Labute approximate surface area is 109 Å². The van der Waals surface area contributed by atoms with Crippen molar-refractivity contribution in [3.63, 3.8) is 0 Å². The maximum absolute atomic E-state index is 6.26. The third-order valence-corrected chi connectivity index (χ3v) is 4.21. The predicted octanol–water partition coefficient (Wildman–Crippen LogP) is 3.30. The largest absolute Gasteiger partial charge is 0.311 e. The smallest absolute Gasteiger partial charge is 0.0834 e. The van der Waals surface area contributed by atoms with Crippen LogP contribution in [-0.4, -0.2) is 16.8 Å². The molecule has 0 saturated heterocycles. The zero-order valence-corrected chi connectivity index (χ0v) is 11.5. The van der Waals surface area contributed by atoms with Crippen LogP contribution in [0.15, 0.2) is 6.20 Å². The lowest BCUT2D eigenvalue weighted by Crippen LogP contribution is -2.27. The number of hydrogen-bond acceptors (Lipinski definition) is 2. The molecule has 17 heavy (non-hydrogen) atoms. The fourth-order valence-corrected chi connectivity index (χ4v) is 3.29. The second-order valence-electron chi connectivity index (χ2n) is 5.02. The first kappa shape index (κ1) is 12.9. The van der Waals surface area contributed by atoms with Crippen LogP contribution in [0.4, 0.5) is 0 Å². The Balaban J connectivity index is 2.20. The second kappa shape index (κ2) is 5.87. The van der Waals surface area contributed by atoms with Gasteiger partial charge in [-0.1, -0.05) is 37.3 Å². The lowest BCUT2D eigenvalue weighted by atomic mass is 9.90. The van der Waals surface area contributed by atoms with Crippen molar-refractivity contribution in [1.29, 1.82) is 0 Å². The summed E-state index contributed by atoms with van der Waals surface area (Å²) >= 11 is 6.26. The molecule has 1 unspecified atom stereocenters. The topological polar surface area (TPSA) is 29.9 Å². The van der Waals surface area contributed by atoms with E-state index in [1.165, 1.54) is 38.5 Å². The van der Waals surface area contributed by atoms with E-state index >= 15 is 0 Å². The summed E-state index contributed by atoms with van der Waals surface area (Å²) in [5, 5.41) is 8.47. The molecule has 0 bridgehead atoms. The summed E-state index contributed by atoms with van der Waals surface area (Å²) in [4.78, 5) is 0. The maximum atomic E-state index is 6.26. The number of rotatable bonds is 3. The van der Waals surface area contributed by atoms with Gasteiger partial charge in [0, 0.05) is 7.05 Å². The molecule has 0 spiro atoms. The molecule has 0 amide bonds. The van der Waals surface area contributed by atoms with Gasteiger partial charge in [-0.25, -0.2) is 0 Å². The Morgan fingerprint density at radius 2 is 2.00 bits per heavy atom. The summed E-state index contributed by atoms with van der Waals surface area (Å²) in [5.74, 6) is 0.690. The van der Waals surface area contributed by atoms with Crippen molar-refractivity contribution in [3.8, 4) is 0 Å². The first-order valence-corrected chi connectivity index (χ1v) is 6.96. The average Bonchev–Trinajstić information content (AvgIpc) is 2.59. The second-order valence-corrected chi connectivity index (χ2v) is 5.43. The molecule has 1 N–H and O–H groups in total. The van der Waals surface area contributed by atoms with Gasteiger partial charge in [-0.3, -0.25) is 4.68 Å². The lowest BCUT2D eigenvalue weighted by molar-refractivity contribution is 0.328. The van der Waals surface area contributed by atoms with Gasteiger partial charge in [-0.15, -0.1) is 0 Å². The van der Waals surface area contributed by atoms with E-state index in [1.807, 2.05) is 18.8 Å². The molecule has 0 aliphatic heterocycles. The highest BCUT2D eigenvalue weighted by atomic mass is 35.5. The van der Waals surface area contributed by atoms with E-state index in [0.717, 1.165) is 10.7 Å². The average molecular weight is 256 g/mol. The predicted molar refractivity (Wildman–Crippen MR) is 71.2 cm³/mol. The van der Waals surface area contributed by atoms with Gasteiger partial charge in [-0.05, 0) is 25.8 Å². The third-order valence-electron chi connectivity index (χ3n) is 3.91. The number of hydrogen-bond donors (Lipinski definition) is 1. The molecule has 1 aromatic heterocycles. The van der Waals surface area contributed by atoms with E-state index in [0.29, 0.717) is 12.0 Å². The Bertz CT molecular complexity index is 334. The minimum Gasteiger partial charge on any atom is -0.311 e. The van der Waals surface area contributed by atoms with Crippen LogP contribution in [0.3, 0.4) is 0 Å². The first-order valence-electron chi connectivity index (χ1n) is 6.58. The van der Waals surface area contributed by atoms with Crippen LogP contribution in [-0.2, 0) is 7.05 Å². The van der Waals surface area contributed by atoms with E-state index in [4.69, 9.17) is 11.6 Å². The molecule has 1 aromatic rings. The van der Waals surface area contributed by atoms with Crippen LogP contribution in [0.5, 0.6) is 0 Å². The minimum atomic E-state index is 0.341. The number of aryl methyl sites for hydroxylation is 1. The van der Waals surface area contributed by atoms with Crippen LogP contribution >= 0.6 is 11.6 Å². The van der Waals surface area contributed by atoms with E-state index in [2.05, 4.69) is 10.4 Å². The molecule has 0 radical (unpaired) electrons. The highest BCUT2D eigenvalue weighted by Crippen LogP contribution is 2.35. The zero-order valence-electron chi connectivity index (χ0n) is 10.7. The SMILES string of the molecule is CNC(c1c(Cl)cnn1C)C1CCCCCC1. The molecule has 1 atom stereocenters. The molecule has 1 fully saturated rings. The Morgan fingerprint density at radius 1 is 1.35 bits per heavy atom. The van der Waals surface area contributed by atoms with E-state index < -0.39 is 0 Å². The van der Waals surface area contributed by atoms with Crippen molar-refractivity contribution in [1.82, 2.24) is 15.1 Å². The molecule has 0 aromatic carbocycles. The van der Waals surface area contributed by atoms with Crippen molar-refractivity contribution in [3.05, 3.63) is 16.9 Å². The maximum Gasteiger partial charge on any atom is 0.0834 e. The highest BCUT2D eigenvalue weighted by molar-refractivity contribution is 6.31. The van der Waals surface area contributed by atoms with Crippen LogP contribution in [0.25, 0.3) is 0 Å². The first-order chi connectivity index (χ1) is 8.24. The fraction of sp³-hybridized carbons (Fsp3) is 0.769. The van der Waals surface area contributed by atoms with Crippen molar-refractivity contribution in [2.24, 2.45) is 13.0 Å². The van der Waals surface area contributed by atoms with Crippen molar-refractivity contribution in [2.75, 3.05) is 7.05 Å².